The fourth-order valence-electron chi connectivity index (χ4n) is 3.56. The van der Waals surface area contributed by atoms with Gasteiger partial charge >= 0.3 is 6.03 Å². The van der Waals surface area contributed by atoms with Crippen LogP contribution in [-0.2, 0) is 21.2 Å². The molecule has 0 fully saturated rings. The van der Waals surface area contributed by atoms with Gasteiger partial charge in [0.05, 0.1) is 17.5 Å². The van der Waals surface area contributed by atoms with Crippen LogP contribution in [0.3, 0.4) is 0 Å². The van der Waals surface area contributed by atoms with Gasteiger partial charge in [-0.15, -0.1) is 0 Å². The number of fused-ring (bicyclic) bond motifs is 1. The van der Waals surface area contributed by atoms with E-state index in [-0.39, 0.29) is 29.6 Å². The number of hydrogen-bond acceptors (Lipinski definition) is 4. The Morgan fingerprint density at radius 2 is 1.90 bits per heavy atom. The Morgan fingerprint density at radius 3 is 2.62 bits per heavy atom. The molecule has 3 rings (SSSR count). The van der Waals surface area contributed by atoms with E-state index in [1.165, 1.54) is 24.8 Å². The van der Waals surface area contributed by atoms with Crippen molar-refractivity contribution in [2.75, 3.05) is 19.0 Å². The van der Waals surface area contributed by atoms with E-state index in [1.807, 2.05) is 12.1 Å². The number of rotatable bonds is 7. The number of amides is 2. The van der Waals surface area contributed by atoms with Gasteiger partial charge in [-0.25, -0.2) is 17.9 Å². The highest BCUT2D eigenvalue weighted by atomic mass is 32.2. The zero-order valence-electron chi connectivity index (χ0n) is 16.6. The Kier molecular flexibility index (Phi) is 6.89. The van der Waals surface area contributed by atoms with E-state index in [0.29, 0.717) is 5.69 Å². The van der Waals surface area contributed by atoms with Crippen molar-refractivity contribution in [3.8, 4) is 0 Å². The van der Waals surface area contributed by atoms with Crippen molar-refractivity contribution in [1.82, 2.24) is 10.0 Å². The zero-order chi connectivity index (χ0) is 20.9. The zero-order valence-corrected chi connectivity index (χ0v) is 17.5. The fraction of sp³-hybridized carbons (Fsp3) is 0.381. The van der Waals surface area contributed by atoms with Crippen molar-refractivity contribution in [1.29, 1.82) is 0 Å². The molecule has 2 aromatic rings. The van der Waals surface area contributed by atoms with Crippen LogP contribution in [0.4, 0.5) is 10.5 Å². The molecular weight excluding hydrogens is 390 g/mol. The second kappa shape index (κ2) is 9.39. The van der Waals surface area contributed by atoms with Gasteiger partial charge in [-0.1, -0.05) is 24.3 Å². The molecule has 0 aliphatic heterocycles. The molecule has 0 heterocycles. The molecule has 7 nitrogen and oxygen atoms in total. The molecule has 2 aromatic carbocycles. The van der Waals surface area contributed by atoms with Crippen molar-refractivity contribution >= 4 is 21.7 Å². The number of methoxy groups -OCH3 is 1. The predicted molar refractivity (Wildman–Crippen MR) is 112 cm³/mol. The summed E-state index contributed by atoms with van der Waals surface area (Å²) in [4.78, 5) is 12.6. The maximum atomic E-state index is 12.4. The van der Waals surface area contributed by atoms with Crippen molar-refractivity contribution < 1.29 is 17.9 Å². The number of carbonyl (C=O) groups is 1. The Bertz CT molecular complexity index is 945. The van der Waals surface area contributed by atoms with Crippen LogP contribution in [0, 0.1) is 0 Å². The second-order valence-corrected chi connectivity index (χ2v) is 8.96. The van der Waals surface area contributed by atoms with Gasteiger partial charge in [-0.2, -0.15) is 0 Å². The lowest BCUT2D eigenvalue weighted by Crippen LogP contribution is -2.35. The summed E-state index contributed by atoms with van der Waals surface area (Å²) in [5.74, 6) is 0. The first-order chi connectivity index (χ1) is 13.9. The third-order valence-electron chi connectivity index (χ3n) is 4.87. The quantitative estimate of drug-likeness (QED) is 0.645. The topological polar surface area (TPSA) is 96.5 Å². The lowest BCUT2D eigenvalue weighted by atomic mass is 9.88. The van der Waals surface area contributed by atoms with Gasteiger partial charge in [0.25, 0.3) is 0 Å². The molecule has 1 aliphatic rings. The van der Waals surface area contributed by atoms with Gasteiger partial charge in [0.2, 0.25) is 10.0 Å². The minimum absolute atomic E-state index is 0.0222. The van der Waals surface area contributed by atoms with Gasteiger partial charge in [0.15, 0.2) is 0 Å². The number of anilines is 1. The highest BCUT2D eigenvalue weighted by Gasteiger charge is 2.21. The van der Waals surface area contributed by atoms with E-state index >= 15 is 0 Å². The number of nitrogens with one attached hydrogen (secondary N) is 3. The lowest BCUT2D eigenvalue weighted by molar-refractivity contribution is 0.180. The summed E-state index contributed by atoms with van der Waals surface area (Å²) in [6.45, 7) is 2.01. The van der Waals surface area contributed by atoms with Crippen LogP contribution in [0.2, 0.25) is 0 Å². The monoisotopic (exact) mass is 417 g/mol. The van der Waals surface area contributed by atoms with Crippen molar-refractivity contribution in [3.05, 3.63) is 59.7 Å². The Morgan fingerprint density at radius 1 is 1.17 bits per heavy atom. The van der Waals surface area contributed by atoms with Crippen LogP contribution in [-0.4, -0.2) is 34.2 Å². The molecule has 3 N–H and O–H groups in total. The first kappa shape index (κ1) is 21.3. The third-order valence-corrected chi connectivity index (χ3v) is 6.48. The van der Waals surface area contributed by atoms with Crippen molar-refractivity contribution in [2.45, 2.75) is 43.2 Å². The van der Waals surface area contributed by atoms with Gasteiger partial charge in [0.1, 0.15) is 0 Å². The van der Waals surface area contributed by atoms with E-state index < -0.39 is 10.0 Å². The molecule has 8 heteroatoms. The van der Waals surface area contributed by atoms with E-state index in [4.69, 9.17) is 4.74 Å². The fourth-order valence-corrected chi connectivity index (χ4v) is 4.79. The minimum Gasteiger partial charge on any atom is -0.383 e. The van der Waals surface area contributed by atoms with Gasteiger partial charge in [-0.3, -0.25) is 0 Å². The summed E-state index contributed by atoms with van der Waals surface area (Å²) in [5, 5.41) is 5.79. The van der Waals surface area contributed by atoms with Crippen LogP contribution in [0.25, 0.3) is 0 Å². The van der Waals surface area contributed by atoms with Crippen molar-refractivity contribution in [3.63, 3.8) is 0 Å². The number of urea groups is 1. The number of hydrogen-bond donors (Lipinski definition) is 3. The van der Waals surface area contributed by atoms with Gasteiger partial charge in [-0.05, 0) is 61.6 Å². The van der Waals surface area contributed by atoms with Gasteiger partial charge < -0.3 is 15.4 Å². The van der Waals surface area contributed by atoms with E-state index in [2.05, 4.69) is 27.5 Å². The third kappa shape index (κ3) is 5.56. The first-order valence-corrected chi connectivity index (χ1v) is 11.1. The maximum Gasteiger partial charge on any atom is 0.319 e. The summed E-state index contributed by atoms with van der Waals surface area (Å²) in [6, 6.07) is 13.6. The summed E-state index contributed by atoms with van der Waals surface area (Å²) in [6.07, 6.45) is 2.96. The SMILES string of the molecule is COCC(C)NS(=O)(=O)c1ccc(NC(=O)NC2CCCc3ccccc32)cc1. The Hall–Kier alpha value is -2.42. The van der Waals surface area contributed by atoms with Crippen LogP contribution in [0.15, 0.2) is 53.4 Å². The smallest absolute Gasteiger partial charge is 0.319 e. The second-order valence-electron chi connectivity index (χ2n) is 7.24. The average molecular weight is 418 g/mol. The maximum absolute atomic E-state index is 12.4. The Balaban J connectivity index is 1.61. The van der Waals surface area contributed by atoms with Crippen LogP contribution in [0.5, 0.6) is 0 Å². The molecule has 1 aliphatic carbocycles. The molecule has 156 valence electrons. The predicted octanol–water partition coefficient (Wildman–Crippen LogP) is 3.20. The highest BCUT2D eigenvalue weighted by molar-refractivity contribution is 7.89. The van der Waals surface area contributed by atoms with Crippen LogP contribution in [0.1, 0.15) is 36.9 Å². The number of aryl methyl sites for hydroxylation is 1. The van der Waals surface area contributed by atoms with Crippen LogP contribution < -0.4 is 15.4 Å². The van der Waals surface area contributed by atoms with Crippen LogP contribution >= 0.6 is 0 Å². The molecule has 2 amide bonds. The first-order valence-electron chi connectivity index (χ1n) is 9.65. The summed E-state index contributed by atoms with van der Waals surface area (Å²) in [5.41, 5.74) is 2.95. The molecule has 0 saturated carbocycles. The van der Waals surface area contributed by atoms with Gasteiger partial charge in [0, 0.05) is 18.8 Å². The van der Waals surface area contributed by atoms with E-state index in [1.54, 1.807) is 19.1 Å². The number of sulfonamides is 1. The Labute approximate surface area is 171 Å². The summed E-state index contributed by atoms with van der Waals surface area (Å²) < 4.78 is 32.2. The highest BCUT2D eigenvalue weighted by Crippen LogP contribution is 2.29. The van der Waals surface area contributed by atoms with E-state index in [0.717, 1.165) is 24.8 Å². The molecule has 0 saturated heterocycles. The van der Waals surface area contributed by atoms with Crippen molar-refractivity contribution in [2.24, 2.45) is 0 Å². The standard InChI is InChI=1S/C21H27N3O4S/c1-15(14-28-2)24-29(26,27)18-12-10-17(11-13-18)22-21(25)23-20-9-5-7-16-6-3-4-8-19(16)20/h3-4,6,8,10-13,15,20,24H,5,7,9,14H2,1-2H3,(H2,22,23,25). The number of benzene rings is 2. The molecule has 2 unspecified atom stereocenters. The molecule has 2 atom stereocenters. The number of carbonyl (C=O) groups excluding carboxylic acids is 1. The lowest BCUT2D eigenvalue weighted by Gasteiger charge is -2.26. The molecule has 0 aromatic heterocycles. The normalized spacial score (nSPS) is 17.2. The minimum atomic E-state index is -3.64. The molecular formula is C21H27N3O4S. The molecule has 0 spiro atoms. The summed E-state index contributed by atoms with van der Waals surface area (Å²) >= 11 is 0. The summed E-state index contributed by atoms with van der Waals surface area (Å²) in [7, 11) is -2.13. The average Bonchev–Trinajstić information content (AvgIpc) is 2.68. The van der Waals surface area contributed by atoms with E-state index in [9.17, 15) is 13.2 Å². The molecule has 0 bridgehead atoms. The number of ether oxygens (including phenoxy) is 1. The molecule has 29 heavy (non-hydrogen) atoms. The molecule has 0 radical (unpaired) electrons. The largest absolute Gasteiger partial charge is 0.383 e.